The Morgan fingerprint density at radius 3 is 1.18 bits per heavy atom. The van der Waals surface area contributed by atoms with Crippen molar-refractivity contribution in [2.24, 2.45) is 0 Å². The molecule has 0 fully saturated rings. The fourth-order valence-electron chi connectivity index (χ4n) is 1.17. The lowest BCUT2D eigenvalue weighted by atomic mass is 10.3. The molecule has 0 heterocycles. The van der Waals surface area contributed by atoms with Crippen LogP contribution in [0.15, 0.2) is 37.5 Å². The predicted octanol–water partition coefficient (Wildman–Crippen LogP) is 1.85. The van der Waals surface area contributed by atoms with E-state index in [9.17, 15) is 43.2 Å². The van der Waals surface area contributed by atoms with Crippen molar-refractivity contribution in [1.82, 2.24) is 10.2 Å². The van der Waals surface area contributed by atoms with Gasteiger partial charge in [0.2, 0.25) is 5.91 Å². The van der Waals surface area contributed by atoms with Crippen LogP contribution in [0.25, 0.3) is 0 Å². The zero-order valence-electron chi connectivity index (χ0n) is 29.5. The zero-order chi connectivity index (χ0) is 41.7. The Morgan fingerprint density at radius 1 is 0.720 bits per heavy atom. The van der Waals surface area contributed by atoms with Gasteiger partial charge in [0, 0.05) is 52.5 Å². The summed E-state index contributed by atoms with van der Waals surface area (Å²) in [4.78, 5) is 87.8. The molecule has 0 aromatic heterocycles. The quantitative estimate of drug-likeness (QED) is 0.0909. The Morgan fingerprint density at radius 2 is 1.14 bits per heavy atom. The molecule has 292 valence electrons. The third-order valence-electron chi connectivity index (χ3n) is 3.32. The molecule has 1 amide bonds. The number of carboxylic acid groups (broad SMARTS) is 8. The molecule has 0 spiro atoms. The SMILES string of the molecule is C/C=C/C(=O)O.C=CC(=O)O.C=CCCC(=O)O.CC(=O)N(C)CC(=O)O.CCC(=O)O.CCCC(=O)O.CNCC(=O)O.COCC(=O)O. The third-order valence-corrected chi connectivity index (χ3v) is 3.32. The second-order valence-corrected chi connectivity index (χ2v) is 8.01. The Kier molecular flexibility index (Phi) is 66.7. The summed E-state index contributed by atoms with van der Waals surface area (Å²) in [6.07, 6.45) is 6.99. The molecule has 0 saturated heterocycles. The first-order valence-electron chi connectivity index (χ1n) is 13.9. The van der Waals surface area contributed by atoms with E-state index in [1.54, 1.807) is 27.0 Å². The average Bonchev–Trinajstić information content (AvgIpc) is 2.97. The van der Waals surface area contributed by atoms with Crippen molar-refractivity contribution in [3.8, 4) is 0 Å². The molecular weight excluding hydrogens is 676 g/mol. The van der Waals surface area contributed by atoms with Crippen LogP contribution in [-0.4, -0.2) is 140 Å². The van der Waals surface area contributed by atoms with Gasteiger partial charge in [0.15, 0.2) is 0 Å². The molecule has 9 N–H and O–H groups in total. The summed E-state index contributed by atoms with van der Waals surface area (Å²) in [5.41, 5.74) is 0. The van der Waals surface area contributed by atoms with Crippen LogP contribution in [0.4, 0.5) is 0 Å². The Bertz CT molecular complexity index is 956. The number of nitrogens with one attached hydrogen (secondary N) is 1. The van der Waals surface area contributed by atoms with Crippen LogP contribution in [0, 0.1) is 0 Å². The number of likely N-dealkylation sites (N-methyl/N-ethyl adjacent to an activating group) is 2. The highest BCUT2D eigenvalue weighted by molar-refractivity contribution is 5.80. The summed E-state index contributed by atoms with van der Waals surface area (Å²) in [7, 11) is 4.37. The van der Waals surface area contributed by atoms with Crippen molar-refractivity contribution in [1.29, 1.82) is 0 Å². The van der Waals surface area contributed by atoms with Gasteiger partial charge in [0.25, 0.3) is 0 Å². The first-order valence-corrected chi connectivity index (χ1v) is 13.9. The van der Waals surface area contributed by atoms with E-state index in [1.807, 2.05) is 6.92 Å². The lowest BCUT2D eigenvalue weighted by Gasteiger charge is -2.09. The van der Waals surface area contributed by atoms with Gasteiger partial charge in [-0.2, -0.15) is 0 Å². The number of hydrogen-bond acceptors (Lipinski definition) is 11. The van der Waals surface area contributed by atoms with Gasteiger partial charge in [-0.1, -0.05) is 32.6 Å². The van der Waals surface area contributed by atoms with Gasteiger partial charge in [-0.25, -0.2) is 14.4 Å². The van der Waals surface area contributed by atoms with E-state index in [1.165, 1.54) is 27.2 Å². The number of rotatable bonds is 14. The monoisotopic (exact) mass is 730 g/mol. The van der Waals surface area contributed by atoms with Gasteiger partial charge in [-0.3, -0.25) is 28.8 Å². The van der Waals surface area contributed by atoms with Crippen LogP contribution in [0.5, 0.6) is 0 Å². The van der Waals surface area contributed by atoms with E-state index in [-0.39, 0.29) is 38.4 Å². The van der Waals surface area contributed by atoms with Crippen molar-refractivity contribution >= 4 is 53.7 Å². The van der Waals surface area contributed by atoms with E-state index >= 15 is 0 Å². The Hall–Kier alpha value is -5.63. The largest absolute Gasteiger partial charge is 0.481 e. The van der Waals surface area contributed by atoms with E-state index < -0.39 is 47.8 Å². The van der Waals surface area contributed by atoms with Gasteiger partial charge in [-0.15, -0.1) is 6.58 Å². The molecular formula is C30H54N2O18. The number of aliphatic carboxylic acids is 8. The van der Waals surface area contributed by atoms with Crippen molar-refractivity contribution in [2.45, 2.75) is 59.8 Å². The van der Waals surface area contributed by atoms with E-state index in [0.29, 0.717) is 12.8 Å². The van der Waals surface area contributed by atoms with E-state index in [2.05, 4.69) is 23.2 Å². The maximum atomic E-state index is 10.3. The number of allylic oxidation sites excluding steroid dienone is 2. The average molecular weight is 731 g/mol. The molecule has 0 aromatic rings. The summed E-state index contributed by atoms with van der Waals surface area (Å²) in [6, 6.07) is 0. The number of carbonyl (C=O) groups excluding carboxylic acids is 1. The van der Waals surface area contributed by atoms with Crippen LogP contribution in [0.1, 0.15) is 59.8 Å². The molecule has 50 heavy (non-hydrogen) atoms. The number of carboxylic acids is 8. The summed E-state index contributed by atoms with van der Waals surface area (Å²) < 4.78 is 4.20. The van der Waals surface area contributed by atoms with Crippen LogP contribution in [0.3, 0.4) is 0 Å². The van der Waals surface area contributed by atoms with Crippen molar-refractivity contribution in [2.75, 3.05) is 40.9 Å². The van der Waals surface area contributed by atoms with E-state index in [0.717, 1.165) is 23.5 Å². The summed E-state index contributed by atoms with van der Waals surface area (Å²) in [5.74, 6) is -7.08. The van der Waals surface area contributed by atoms with Crippen molar-refractivity contribution in [3.63, 3.8) is 0 Å². The van der Waals surface area contributed by atoms with Crippen molar-refractivity contribution in [3.05, 3.63) is 37.5 Å². The minimum absolute atomic E-state index is 0.0417. The first-order chi connectivity index (χ1) is 22.9. The number of hydrogen-bond donors (Lipinski definition) is 9. The highest BCUT2D eigenvalue weighted by Crippen LogP contribution is 1.86. The zero-order valence-corrected chi connectivity index (χ0v) is 29.5. The molecule has 0 aliphatic rings. The van der Waals surface area contributed by atoms with Crippen LogP contribution in [-0.2, 0) is 47.9 Å². The second kappa shape index (κ2) is 52.9. The standard InChI is InChI=1S/C5H9NO3.C5H8O2.C4H8O2.C4H6O2.C3H7NO2.C3H6O3.C3H6O2.C3H4O2/c1-4(7)6(2)3-5(8)9;1-2-3-4-5(6)7;2*1-2-3-4(5)6;1-4-2-3(5)6;1-6-2-3(4)5;2*1-2-3(4)5/h3H2,1-2H3,(H,8,9);2H,1,3-4H2,(H,6,7);2-3H2,1H3,(H,5,6);2-3H,1H3,(H,5,6);4H,2H2,1H3,(H,5,6);2H2,1H3,(H,4,5);2H2,1H3,(H,4,5);2H,1H2,(H,4,5)/b;;;3-2+;;;;. The molecule has 0 aromatic carbocycles. The molecule has 0 saturated carbocycles. The van der Waals surface area contributed by atoms with Crippen LogP contribution in [0.2, 0.25) is 0 Å². The minimum Gasteiger partial charge on any atom is -0.481 e. The normalized spacial score (nSPS) is 8.14. The fraction of sp³-hybridized carbons (Fsp3) is 0.500. The summed E-state index contributed by atoms with van der Waals surface area (Å²) in [5, 5.41) is 65.3. The highest BCUT2D eigenvalue weighted by Gasteiger charge is 2.05. The van der Waals surface area contributed by atoms with Gasteiger partial charge in [-0.05, 0) is 26.8 Å². The molecule has 0 unspecified atom stereocenters. The first kappa shape index (κ1) is 63.1. The third kappa shape index (κ3) is 145. The predicted molar refractivity (Wildman–Crippen MR) is 180 cm³/mol. The van der Waals surface area contributed by atoms with Gasteiger partial charge < -0.3 is 55.8 Å². The maximum absolute atomic E-state index is 10.3. The number of methoxy groups -OCH3 is 1. The molecule has 0 aliphatic carbocycles. The number of amides is 1. The maximum Gasteiger partial charge on any atom is 0.329 e. The van der Waals surface area contributed by atoms with Crippen LogP contribution < -0.4 is 5.32 Å². The summed E-state index contributed by atoms with van der Waals surface area (Å²) >= 11 is 0. The Balaban J connectivity index is -0.0000000677. The number of nitrogens with zero attached hydrogens (tertiary/aromatic N) is 1. The van der Waals surface area contributed by atoms with Gasteiger partial charge in [0.1, 0.15) is 13.2 Å². The number of carbonyl (C=O) groups is 9. The highest BCUT2D eigenvalue weighted by atomic mass is 16.5. The number of ether oxygens (including phenoxy) is 1. The lowest BCUT2D eigenvalue weighted by molar-refractivity contribution is -0.142. The fourth-order valence-corrected chi connectivity index (χ4v) is 1.17. The van der Waals surface area contributed by atoms with Crippen LogP contribution >= 0.6 is 0 Å². The molecule has 20 heteroatoms. The molecule has 0 aliphatic heterocycles. The van der Waals surface area contributed by atoms with Gasteiger partial charge >= 0.3 is 47.8 Å². The van der Waals surface area contributed by atoms with E-state index in [4.69, 9.17) is 40.9 Å². The molecule has 0 bridgehead atoms. The Labute approximate surface area is 291 Å². The summed E-state index contributed by atoms with van der Waals surface area (Å²) in [6.45, 7) is 12.4. The molecule has 0 radical (unpaired) electrons. The molecule has 0 atom stereocenters. The van der Waals surface area contributed by atoms with Gasteiger partial charge in [0.05, 0.1) is 6.54 Å². The topological polar surface area (TPSA) is 340 Å². The molecule has 0 rings (SSSR count). The van der Waals surface area contributed by atoms with Crippen molar-refractivity contribution < 1.29 is 88.7 Å². The smallest absolute Gasteiger partial charge is 0.329 e. The minimum atomic E-state index is -0.993. The second-order valence-electron chi connectivity index (χ2n) is 8.01. The lowest BCUT2D eigenvalue weighted by Crippen LogP contribution is -2.29. The molecule has 20 nitrogen and oxygen atoms in total.